The molecule has 0 saturated carbocycles. The SMILES string of the molecule is COC1CC(C(=O)Nc2ccc(N3CCCC3C(=O)O)cc2)N(C(=O)N(Cl)c2ccccc2)C1. The highest BCUT2D eigenvalue weighted by molar-refractivity contribution is 6.36. The van der Waals surface area contributed by atoms with E-state index in [2.05, 4.69) is 5.32 Å². The van der Waals surface area contributed by atoms with Crippen molar-refractivity contribution in [2.75, 3.05) is 34.8 Å². The lowest BCUT2D eigenvalue weighted by molar-refractivity contribution is -0.138. The number of methoxy groups -OCH3 is 1. The second-order valence-corrected chi connectivity index (χ2v) is 8.72. The summed E-state index contributed by atoms with van der Waals surface area (Å²) in [4.78, 5) is 40.9. The van der Waals surface area contributed by atoms with E-state index >= 15 is 0 Å². The molecule has 3 unspecified atom stereocenters. The summed E-state index contributed by atoms with van der Waals surface area (Å²) in [6, 6.07) is 14.0. The van der Waals surface area contributed by atoms with Gasteiger partial charge in [-0.05, 0) is 49.2 Å². The van der Waals surface area contributed by atoms with E-state index in [1.54, 1.807) is 55.6 Å². The highest BCUT2D eigenvalue weighted by Crippen LogP contribution is 2.29. The molecule has 2 aliphatic heterocycles. The maximum absolute atomic E-state index is 13.1. The molecule has 0 aliphatic carbocycles. The van der Waals surface area contributed by atoms with Crippen LogP contribution in [0.2, 0.25) is 0 Å². The van der Waals surface area contributed by atoms with Gasteiger partial charge >= 0.3 is 12.0 Å². The van der Waals surface area contributed by atoms with Gasteiger partial charge in [-0.25, -0.2) is 14.0 Å². The lowest BCUT2D eigenvalue weighted by atomic mass is 10.1. The Labute approximate surface area is 202 Å². The number of aliphatic carboxylic acids is 1. The summed E-state index contributed by atoms with van der Waals surface area (Å²) in [5.41, 5.74) is 1.85. The number of nitrogens with one attached hydrogen (secondary N) is 1. The molecule has 2 heterocycles. The molecule has 2 aliphatic rings. The monoisotopic (exact) mass is 486 g/mol. The van der Waals surface area contributed by atoms with Crippen LogP contribution in [0.3, 0.4) is 0 Å². The summed E-state index contributed by atoms with van der Waals surface area (Å²) < 4.78 is 6.42. The minimum Gasteiger partial charge on any atom is -0.480 e. The Hall–Kier alpha value is -3.30. The molecule has 4 rings (SSSR count). The second-order valence-electron chi connectivity index (χ2n) is 8.39. The molecule has 2 N–H and O–H groups in total. The molecule has 3 atom stereocenters. The molecule has 180 valence electrons. The van der Waals surface area contributed by atoms with Gasteiger partial charge in [0, 0.05) is 49.8 Å². The number of halogens is 1. The van der Waals surface area contributed by atoms with Crippen molar-refractivity contribution in [1.82, 2.24) is 4.90 Å². The Kier molecular flexibility index (Phi) is 7.23. The van der Waals surface area contributed by atoms with Crippen LogP contribution in [0.15, 0.2) is 54.6 Å². The first-order chi connectivity index (χ1) is 16.4. The van der Waals surface area contributed by atoms with Gasteiger partial charge in [0.1, 0.15) is 12.1 Å². The lowest BCUT2D eigenvalue weighted by Gasteiger charge is -2.27. The van der Waals surface area contributed by atoms with Crippen LogP contribution < -0.4 is 14.6 Å². The molecule has 34 heavy (non-hydrogen) atoms. The van der Waals surface area contributed by atoms with E-state index in [9.17, 15) is 19.5 Å². The van der Waals surface area contributed by atoms with Crippen molar-refractivity contribution in [3.8, 4) is 0 Å². The zero-order valence-corrected chi connectivity index (χ0v) is 19.5. The number of benzene rings is 2. The van der Waals surface area contributed by atoms with Crippen LogP contribution in [0.25, 0.3) is 0 Å². The maximum Gasteiger partial charge on any atom is 0.340 e. The fourth-order valence-corrected chi connectivity index (χ4v) is 4.71. The number of carbonyl (C=O) groups is 3. The average molecular weight is 487 g/mol. The number of urea groups is 1. The molecule has 3 amide bonds. The quantitative estimate of drug-likeness (QED) is 0.605. The standard InChI is InChI=1S/C24H27ClN4O5/c1-34-19-14-21(28(15-19)24(33)29(25)18-6-3-2-4-7-18)22(30)26-16-9-11-17(12-10-16)27-13-5-8-20(27)23(31)32/h2-4,6-7,9-12,19-21H,5,8,13-15H2,1H3,(H,26,30)(H,31,32). The van der Waals surface area contributed by atoms with Gasteiger partial charge in [0.05, 0.1) is 11.8 Å². The fraction of sp³-hybridized carbons (Fsp3) is 0.375. The maximum atomic E-state index is 13.1. The summed E-state index contributed by atoms with van der Waals surface area (Å²) >= 11 is 6.29. The van der Waals surface area contributed by atoms with E-state index < -0.39 is 24.1 Å². The number of anilines is 3. The van der Waals surface area contributed by atoms with E-state index in [0.29, 0.717) is 30.8 Å². The van der Waals surface area contributed by atoms with Crippen molar-refractivity contribution in [3.63, 3.8) is 0 Å². The third-order valence-corrected chi connectivity index (χ3v) is 6.64. The molecule has 2 fully saturated rings. The first kappa shape index (κ1) is 23.8. The number of hydrogen-bond donors (Lipinski definition) is 2. The van der Waals surface area contributed by atoms with Gasteiger partial charge in [0.2, 0.25) is 5.91 Å². The molecule has 0 spiro atoms. The van der Waals surface area contributed by atoms with Crippen LogP contribution in [0.1, 0.15) is 19.3 Å². The predicted molar refractivity (Wildman–Crippen MR) is 129 cm³/mol. The fourth-order valence-electron chi connectivity index (χ4n) is 4.50. The number of likely N-dealkylation sites (tertiary alicyclic amines) is 1. The Balaban J connectivity index is 1.45. The van der Waals surface area contributed by atoms with Crippen LogP contribution in [0.5, 0.6) is 0 Å². The Morgan fingerprint density at radius 2 is 1.79 bits per heavy atom. The molecule has 2 aromatic carbocycles. The Morgan fingerprint density at radius 3 is 2.44 bits per heavy atom. The van der Waals surface area contributed by atoms with E-state index in [1.807, 2.05) is 11.0 Å². The highest BCUT2D eigenvalue weighted by Gasteiger charge is 2.41. The molecule has 0 aromatic heterocycles. The number of ether oxygens (including phenoxy) is 1. The number of carboxylic acids is 1. The predicted octanol–water partition coefficient (Wildman–Crippen LogP) is 3.55. The van der Waals surface area contributed by atoms with E-state index in [0.717, 1.165) is 16.5 Å². The molecule has 10 heteroatoms. The molecule has 0 radical (unpaired) electrons. The van der Waals surface area contributed by atoms with Gasteiger partial charge in [-0.15, -0.1) is 0 Å². The Morgan fingerprint density at radius 1 is 1.09 bits per heavy atom. The summed E-state index contributed by atoms with van der Waals surface area (Å²) in [6.07, 6.45) is 1.49. The van der Waals surface area contributed by atoms with Crippen LogP contribution in [-0.4, -0.2) is 66.3 Å². The number of amides is 3. The van der Waals surface area contributed by atoms with E-state index in [-0.39, 0.29) is 18.6 Å². The largest absolute Gasteiger partial charge is 0.480 e. The van der Waals surface area contributed by atoms with Crippen molar-refractivity contribution in [2.45, 2.75) is 37.5 Å². The number of para-hydroxylation sites is 1. The van der Waals surface area contributed by atoms with Gasteiger partial charge < -0.3 is 25.0 Å². The topological polar surface area (TPSA) is 102 Å². The number of nitrogens with zero attached hydrogens (tertiary/aromatic N) is 3. The van der Waals surface area contributed by atoms with Crippen LogP contribution in [0.4, 0.5) is 21.9 Å². The normalized spacial score (nSPS) is 22.0. The van der Waals surface area contributed by atoms with E-state index in [1.165, 1.54) is 4.90 Å². The summed E-state index contributed by atoms with van der Waals surface area (Å²) in [5.74, 6) is -1.18. The summed E-state index contributed by atoms with van der Waals surface area (Å²) in [7, 11) is 1.55. The van der Waals surface area contributed by atoms with Crippen molar-refractivity contribution in [2.24, 2.45) is 0 Å². The number of carboxylic acid groups (broad SMARTS) is 1. The molecular weight excluding hydrogens is 460 g/mol. The zero-order valence-electron chi connectivity index (χ0n) is 18.8. The Bertz CT molecular complexity index is 1040. The first-order valence-electron chi connectivity index (χ1n) is 11.1. The third kappa shape index (κ3) is 4.95. The first-order valence-corrected chi connectivity index (χ1v) is 11.5. The minimum atomic E-state index is -0.836. The third-order valence-electron chi connectivity index (χ3n) is 6.30. The number of rotatable bonds is 6. The van der Waals surface area contributed by atoms with Crippen molar-refractivity contribution >= 4 is 46.7 Å². The van der Waals surface area contributed by atoms with Gasteiger partial charge in [0.25, 0.3) is 0 Å². The average Bonchev–Trinajstić information content (AvgIpc) is 3.52. The zero-order chi connectivity index (χ0) is 24.2. The van der Waals surface area contributed by atoms with Crippen LogP contribution in [0, 0.1) is 0 Å². The van der Waals surface area contributed by atoms with Crippen LogP contribution in [-0.2, 0) is 14.3 Å². The molecular formula is C24H27ClN4O5. The lowest BCUT2D eigenvalue weighted by Crippen LogP contribution is -2.47. The summed E-state index contributed by atoms with van der Waals surface area (Å²) in [6.45, 7) is 0.921. The smallest absolute Gasteiger partial charge is 0.340 e. The molecule has 9 nitrogen and oxygen atoms in total. The van der Waals surface area contributed by atoms with E-state index in [4.69, 9.17) is 16.5 Å². The van der Waals surface area contributed by atoms with Gasteiger partial charge in [0.15, 0.2) is 0 Å². The second kappa shape index (κ2) is 10.3. The number of hydrogen-bond acceptors (Lipinski definition) is 5. The summed E-state index contributed by atoms with van der Waals surface area (Å²) in [5, 5.41) is 12.3. The van der Waals surface area contributed by atoms with Crippen molar-refractivity contribution in [3.05, 3.63) is 54.6 Å². The molecule has 2 aromatic rings. The minimum absolute atomic E-state index is 0.244. The van der Waals surface area contributed by atoms with Gasteiger partial charge in [-0.2, -0.15) is 0 Å². The highest BCUT2D eigenvalue weighted by atomic mass is 35.5. The van der Waals surface area contributed by atoms with Gasteiger partial charge in [-0.1, -0.05) is 18.2 Å². The van der Waals surface area contributed by atoms with Crippen LogP contribution >= 0.6 is 11.8 Å². The van der Waals surface area contributed by atoms with Crippen molar-refractivity contribution < 1.29 is 24.2 Å². The molecule has 2 saturated heterocycles. The number of carbonyl (C=O) groups excluding carboxylic acids is 2. The van der Waals surface area contributed by atoms with Gasteiger partial charge in [-0.3, -0.25) is 4.79 Å². The molecule has 0 bridgehead atoms. The van der Waals surface area contributed by atoms with Crippen molar-refractivity contribution in [1.29, 1.82) is 0 Å².